The number of hydrogen-bond acceptors (Lipinski definition) is 6. The average Bonchev–Trinajstić information content (AvgIpc) is 3.06. The van der Waals surface area contributed by atoms with Gasteiger partial charge in [0.15, 0.2) is 11.0 Å². The molecule has 1 N–H and O–H groups in total. The van der Waals surface area contributed by atoms with Crippen molar-refractivity contribution in [3.63, 3.8) is 0 Å². The van der Waals surface area contributed by atoms with Gasteiger partial charge in [-0.2, -0.15) is 5.26 Å². The lowest BCUT2D eigenvalue weighted by molar-refractivity contribution is -0.113. The number of nitrogens with one attached hydrogen (secondary N) is 1. The molecule has 1 aromatic heterocycles. The summed E-state index contributed by atoms with van der Waals surface area (Å²) in [5.74, 6) is 1.17. The maximum atomic E-state index is 12.3. The summed E-state index contributed by atoms with van der Waals surface area (Å²) in [5.41, 5.74) is 1.54. The van der Waals surface area contributed by atoms with Crippen molar-refractivity contribution in [3.8, 4) is 23.2 Å². The fourth-order valence-corrected chi connectivity index (χ4v) is 3.42. The number of benzene rings is 2. The molecule has 0 bridgehead atoms. The minimum absolute atomic E-state index is 0.106. The molecule has 0 spiro atoms. The van der Waals surface area contributed by atoms with Crippen LogP contribution in [0.15, 0.2) is 47.6 Å². The predicted molar refractivity (Wildman–Crippen MR) is 109 cm³/mol. The number of nitrogens with zero attached hydrogens (tertiary/aromatic N) is 4. The van der Waals surface area contributed by atoms with Crippen molar-refractivity contribution in [1.29, 1.82) is 5.26 Å². The molecule has 7 nitrogen and oxygen atoms in total. The lowest BCUT2D eigenvalue weighted by Gasteiger charge is -2.09. The molecular weight excluding hydrogens is 398 g/mol. The number of para-hydroxylation sites is 1. The SMILES string of the molecule is COc1ccccc1-c1nnc(SCC(=O)Nc2cc(Cl)ccc2C#N)n1C. The molecule has 28 heavy (non-hydrogen) atoms. The Morgan fingerprint density at radius 2 is 2.11 bits per heavy atom. The van der Waals surface area contributed by atoms with Crippen molar-refractivity contribution in [2.75, 3.05) is 18.2 Å². The smallest absolute Gasteiger partial charge is 0.234 e. The molecule has 0 saturated heterocycles. The molecule has 1 heterocycles. The van der Waals surface area contributed by atoms with Gasteiger partial charge in [0.05, 0.1) is 29.7 Å². The van der Waals surface area contributed by atoms with E-state index in [2.05, 4.69) is 15.5 Å². The summed E-state index contributed by atoms with van der Waals surface area (Å²) in [5, 5.41) is 21.2. The monoisotopic (exact) mass is 413 g/mol. The minimum atomic E-state index is -0.273. The Labute approximate surface area is 171 Å². The zero-order chi connectivity index (χ0) is 20.1. The zero-order valence-electron chi connectivity index (χ0n) is 15.1. The highest BCUT2D eigenvalue weighted by Gasteiger charge is 2.16. The first-order valence-electron chi connectivity index (χ1n) is 8.18. The van der Waals surface area contributed by atoms with E-state index < -0.39 is 0 Å². The maximum absolute atomic E-state index is 12.3. The van der Waals surface area contributed by atoms with Crippen LogP contribution in [0.5, 0.6) is 5.75 Å². The van der Waals surface area contributed by atoms with Gasteiger partial charge < -0.3 is 14.6 Å². The number of aromatic nitrogens is 3. The van der Waals surface area contributed by atoms with Crippen LogP contribution < -0.4 is 10.1 Å². The van der Waals surface area contributed by atoms with Crippen LogP contribution >= 0.6 is 23.4 Å². The van der Waals surface area contributed by atoms with E-state index in [1.807, 2.05) is 37.4 Å². The minimum Gasteiger partial charge on any atom is -0.496 e. The Kier molecular flexibility index (Phi) is 6.19. The summed E-state index contributed by atoms with van der Waals surface area (Å²) in [7, 11) is 3.42. The van der Waals surface area contributed by atoms with Crippen LogP contribution in [0, 0.1) is 11.3 Å². The zero-order valence-corrected chi connectivity index (χ0v) is 16.7. The van der Waals surface area contributed by atoms with Crippen LogP contribution in [0.3, 0.4) is 0 Å². The highest BCUT2D eigenvalue weighted by Crippen LogP contribution is 2.30. The van der Waals surface area contributed by atoms with Crippen LogP contribution in [0.1, 0.15) is 5.56 Å². The van der Waals surface area contributed by atoms with Gasteiger partial charge in [-0.3, -0.25) is 4.79 Å². The predicted octanol–water partition coefficient (Wildman–Crippen LogP) is 3.75. The molecule has 0 saturated carbocycles. The van der Waals surface area contributed by atoms with E-state index in [0.29, 0.717) is 33.0 Å². The van der Waals surface area contributed by atoms with Gasteiger partial charge in [-0.25, -0.2) is 0 Å². The molecule has 0 fully saturated rings. The molecule has 0 aliphatic carbocycles. The molecule has 3 aromatic rings. The van der Waals surface area contributed by atoms with Gasteiger partial charge in [-0.1, -0.05) is 35.5 Å². The average molecular weight is 414 g/mol. The fraction of sp³-hybridized carbons (Fsp3) is 0.158. The summed E-state index contributed by atoms with van der Waals surface area (Å²) in [6.07, 6.45) is 0. The Bertz CT molecular complexity index is 1060. The first kappa shape index (κ1) is 19.7. The van der Waals surface area contributed by atoms with E-state index in [-0.39, 0.29) is 11.7 Å². The summed E-state index contributed by atoms with van der Waals surface area (Å²) in [6.45, 7) is 0. The van der Waals surface area contributed by atoms with Crippen LogP contribution in [-0.4, -0.2) is 33.5 Å². The van der Waals surface area contributed by atoms with Gasteiger partial charge in [-0.05, 0) is 30.3 Å². The first-order valence-corrected chi connectivity index (χ1v) is 9.55. The molecule has 0 unspecified atom stereocenters. The number of carbonyl (C=O) groups is 1. The Hall–Kier alpha value is -3.02. The molecule has 3 rings (SSSR count). The number of anilines is 1. The summed E-state index contributed by atoms with van der Waals surface area (Å²) < 4.78 is 7.17. The highest BCUT2D eigenvalue weighted by molar-refractivity contribution is 7.99. The summed E-state index contributed by atoms with van der Waals surface area (Å²) in [6, 6.07) is 14.3. The van der Waals surface area contributed by atoms with E-state index in [1.54, 1.807) is 29.9 Å². The van der Waals surface area contributed by atoms with Gasteiger partial charge in [0.2, 0.25) is 5.91 Å². The second kappa shape index (κ2) is 8.78. The second-order valence-corrected chi connectivity index (χ2v) is 7.08. The fourth-order valence-electron chi connectivity index (χ4n) is 2.54. The van der Waals surface area contributed by atoms with Gasteiger partial charge in [0.1, 0.15) is 11.8 Å². The standard InChI is InChI=1S/C19H16ClN5O2S/c1-25-18(14-5-3-4-6-16(14)27-2)23-24-19(25)28-11-17(26)22-15-9-13(20)8-7-12(15)10-21/h3-9H,11H2,1-2H3,(H,22,26). The number of thioether (sulfide) groups is 1. The third-order valence-electron chi connectivity index (χ3n) is 3.89. The molecule has 9 heteroatoms. The molecule has 0 aliphatic heterocycles. The second-order valence-electron chi connectivity index (χ2n) is 5.70. The normalized spacial score (nSPS) is 10.4. The van der Waals surface area contributed by atoms with Crippen molar-refractivity contribution in [1.82, 2.24) is 14.8 Å². The van der Waals surface area contributed by atoms with Crippen molar-refractivity contribution in [2.24, 2.45) is 7.05 Å². The Balaban J connectivity index is 1.71. The molecular formula is C19H16ClN5O2S. The summed E-state index contributed by atoms with van der Waals surface area (Å²) >= 11 is 7.18. The van der Waals surface area contributed by atoms with Crippen LogP contribution in [0.4, 0.5) is 5.69 Å². The molecule has 0 radical (unpaired) electrons. The number of methoxy groups -OCH3 is 1. The molecule has 0 atom stereocenters. The lowest BCUT2D eigenvalue weighted by atomic mass is 10.2. The van der Waals surface area contributed by atoms with Crippen LogP contribution in [0.25, 0.3) is 11.4 Å². The topological polar surface area (TPSA) is 92.8 Å². The number of rotatable bonds is 6. The maximum Gasteiger partial charge on any atom is 0.234 e. The van der Waals surface area contributed by atoms with E-state index in [4.69, 9.17) is 21.6 Å². The van der Waals surface area contributed by atoms with Crippen molar-refractivity contribution in [3.05, 3.63) is 53.1 Å². The van der Waals surface area contributed by atoms with Gasteiger partial charge in [0, 0.05) is 12.1 Å². The number of amides is 1. The van der Waals surface area contributed by atoms with E-state index in [1.165, 1.54) is 11.8 Å². The third-order valence-corrected chi connectivity index (χ3v) is 5.15. The van der Waals surface area contributed by atoms with Crippen molar-refractivity contribution < 1.29 is 9.53 Å². The van der Waals surface area contributed by atoms with E-state index >= 15 is 0 Å². The Morgan fingerprint density at radius 3 is 2.86 bits per heavy atom. The molecule has 142 valence electrons. The summed E-state index contributed by atoms with van der Waals surface area (Å²) in [4.78, 5) is 12.3. The number of hydrogen-bond donors (Lipinski definition) is 1. The lowest BCUT2D eigenvalue weighted by Crippen LogP contribution is -2.15. The first-order chi connectivity index (χ1) is 13.5. The number of ether oxygens (including phenoxy) is 1. The van der Waals surface area contributed by atoms with E-state index in [9.17, 15) is 4.79 Å². The highest BCUT2D eigenvalue weighted by atomic mass is 35.5. The van der Waals surface area contributed by atoms with Gasteiger partial charge >= 0.3 is 0 Å². The van der Waals surface area contributed by atoms with Crippen LogP contribution in [0.2, 0.25) is 5.02 Å². The van der Waals surface area contributed by atoms with Gasteiger partial charge in [-0.15, -0.1) is 10.2 Å². The number of halogens is 1. The largest absolute Gasteiger partial charge is 0.496 e. The third kappa shape index (κ3) is 4.27. The van der Waals surface area contributed by atoms with Crippen molar-refractivity contribution in [2.45, 2.75) is 5.16 Å². The molecule has 1 amide bonds. The van der Waals surface area contributed by atoms with Gasteiger partial charge in [0.25, 0.3) is 0 Å². The molecule has 0 aliphatic rings. The van der Waals surface area contributed by atoms with Crippen molar-refractivity contribution >= 4 is 35.0 Å². The number of nitriles is 1. The number of carbonyl (C=O) groups excluding carboxylic acids is 1. The van der Waals surface area contributed by atoms with Crippen LogP contribution in [-0.2, 0) is 11.8 Å². The Morgan fingerprint density at radius 1 is 1.32 bits per heavy atom. The quantitative estimate of drug-likeness (QED) is 0.618. The van der Waals surface area contributed by atoms with E-state index in [0.717, 1.165) is 5.56 Å². The molecule has 2 aromatic carbocycles.